The van der Waals surface area contributed by atoms with Gasteiger partial charge in [0.25, 0.3) is 0 Å². The predicted molar refractivity (Wildman–Crippen MR) is 163 cm³/mol. The maximum atomic E-state index is 14.1. The van der Waals surface area contributed by atoms with Gasteiger partial charge in [-0.3, -0.25) is 13.9 Å². The molecule has 0 saturated heterocycles. The first-order chi connectivity index (χ1) is 20.3. The molecular weight excluding hydrogens is 647 g/mol. The maximum absolute atomic E-state index is 14.1. The van der Waals surface area contributed by atoms with E-state index in [1.807, 2.05) is 30.3 Å². The molecule has 1 N–H and O–H groups in total. The summed E-state index contributed by atoms with van der Waals surface area (Å²) in [6, 6.07) is 19.1. The van der Waals surface area contributed by atoms with Crippen LogP contribution in [0, 0.1) is 0 Å². The lowest BCUT2D eigenvalue weighted by Crippen LogP contribution is -2.54. The zero-order valence-corrected chi connectivity index (χ0v) is 26.0. The van der Waals surface area contributed by atoms with Crippen LogP contribution in [0.5, 0.6) is 0 Å². The fourth-order valence-corrected chi connectivity index (χ4v) is 6.26. The zero-order chi connectivity index (χ0) is 31.2. The first-order valence-corrected chi connectivity index (χ1v) is 16.5. The number of halogens is 4. The second kappa shape index (κ2) is 13.9. The van der Waals surface area contributed by atoms with Gasteiger partial charge in [0.05, 0.1) is 17.5 Å². The molecule has 1 saturated carbocycles. The standard InChI is InChI=1S/C31H33BrF3N3O4S/c1-43(41,42)38(27-13-7-10-24(19-27)31(33,34)35)21-29(39)37(20-23-14-16-25(32)17-15-23)28(18-22-8-3-2-4-9-22)30(40)36-26-11-5-6-12-26/h2-4,7-10,13-17,19,26,28H,5-6,11-12,18,20-21H2,1H3,(H,36,40). The van der Waals surface area contributed by atoms with E-state index in [2.05, 4.69) is 21.2 Å². The number of anilines is 1. The van der Waals surface area contributed by atoms with Crippen molar-refractivity contribution in [3.63, 3.8) is 0 Å². The summed E-state index contributed by atoms with van der Waals surface area (Å²) in [6.45, 7) is -0.819. The molecule has 0 spiro atoms. The highest BCUT2D eigenvalue weighted by atomic mass is 79.9. The molecule has 3 aromatic carbocycles. The molecule has 1 atom stereocenters. The van der Waals surface area contributed by atoms with E-state index in [0.717, 1.165) is 54.1 Å². The molecule has 1 unspecified atom stereocenters. The van der Waals surface area contributed by atoms with Gasteiger partial charge in [0.2, 0.25) is 21.8 Å². The first-order valence-electron chi connectivity index (χ1n) is 13.8. The van der Waals surface area contributed by atoms with Gasteiger partial charge < -0.3 is 10.2 Å². The Morgan fingerprint density at radius 1 is 0.953 bits per heavy atom. The van der Waals surface area contributed by atoms with Gasteiger partial charge in [-0.1, -0.05) is 77.3 Å². The Labute approximate surface area is 258 Å². The highest BCUT2D eigenvalue weighted by Gasteiger charge is 2.35. The summed E-state index contributed by atoms with van der Waals surface area (Å²) in [4.78, 5) is 29.3. The Bertz CT molecular complexity index is 1510. The topological polar surface area (TPSA) is 86.8 Å². The van der Waals surface area contributed by atoms with Crippen LogP contribution in [-0.2, 0) is 38.8 Å². The summed E-state index contributed by atoms with van der Waals surface area (Å²) >= 11 is 3.39. The summed E-state index contributed by atoms with van der Waals surface area (Å²) in [5.74, 6) is -1.10. The Hall–Kier alpha value is -3.38. The molecular formula is C31H33BrF3N3O4S. The average molecular weight is 681 g/mol. The second-order valence-corrected chi connectivity index (χ2v) is 13.5. The van der Waals surface area contributed by atoms with Crippen LogP contribution in [0.3, 0.4) is 0 Å². The Balaban J connectivity index is 1.73. The van der Waals surface area contributed by atoms with E-state index in [1.165, 1.54) is 11.0 Å². The van der Waals surface area contributed by atoms with Crippen molar-refractivity contribution in [3.8, 4) is 0 Å². The summed E-state index contributed by atoms with van der Waals surface area (Å²) in [7, 11) is -4.20. The highest BCUT2D eigenvalue weighted by molar-refractivity contribution is 9.10. The van der Waals surface area contributed by atoms with Gasteiger partial charge in [-0.15, -0.1) is 0 Å². The van der Waals surface area contributed by atoms with Crippen LogP contribution < -0.4 is 9.62 Å². The third-order valence-corrected chi connectivity index (χ3v) is 9.05. The lowest BCUT2D eigenvalue weighted by molar-refractivity contribution is -0.140. The molecule has 0 bridgehead atoms. The molecule has 0 aromatic heterocycles. The van der Waals surface area contributed by atoms with Crippen molar-refractivity contribution in [3.05, 3.63) is 100 Å². The fraction of sp³-hybridized carbons (Fsp3) is 0.355. The van der Waals surface area contributed by atoms with Crippen molar-refractivity contribution in [2.45, 2.75) is 56.9 Å². The number of hydrogen-bond donors (Lipinski definition) is 1. The van der Waals surface area contributed by atoms with Crippen LogP contribution in [0.15, 0.2) is 83.3 Å². The van der Waals surface area contributed by atoms with Crippen LogP contribution in [0.1, 0.15) is 42.4 Å². The number of nitrogens with zero attached hydrogens (tertiary/aromatic N) is 2. The Morgan fingerprint density at radius 2 is 1.60 bits per heavy atom. The molecule has 43 heavy (non-hydrogen) atoms. The lowest BCUT2D eigenvalue weighted by atomic mass is 10.0. The van der Waals surface area contributed by atoms with E-state index in [4.69, 9.17) is 0 Å². The maximum Gasteiger partial charge on any atom is 0.416 e. The predicted octanol–water partition coefficient (Wildman–Crippen LogP) is 5.93. The van der Waals surface area contributed by atoms with E-state index in [9.17, 15) is 31.2 Å². The van der Waals surface area contributed by atoms with Crippen LogP contribution >= 0.6 is 15.9 Å². The number of carbonyl (C=O) groups is 2. The van der Waals surface area contributed by atoms with Crippen molar-refractivity contribution in [1.82, 2.24) is 10.2 Å². The minimum atomic E-state index is -4.71. The number of benzene rings is 3. The smallest absolute Gasteiger partial charge is 0.352 e. The number of nitrogens with one attached hydrogen (secondary N) is 1. The van der Waals surface area contributed by atoms with Gasteiger partial charge >= 0.3 is 6.18 Å². The van der Waals surface area contributed by atoms with E-state index in [1.54, 1.807) is 24.3 Å². The lowest BCUT2D eigenvalue weighted by Gasteiger charge is -2.34. The van der Waals surface area contributed by atoms with Gasteiger partial charge in [0.1, 0.15) is 12.6 Å². The number of rotatable bonds is 11. The van der Waals surface area contributed by atoms with Crippen molar-refractivity contribution >= 4 is 43.5 Å². The van der Waals surface area contributed by atoms with E-state index in [0.29, 0.717) is 15.9 Å². The van der Waals surface area contributed by atoms with Crippen molar-refractivity contribution < 1.29 is 31.2 Å². The molecule has 7 nitrogen and oxygen atoms in total. The van der Waals surface area contributed by atoms with Crippen molar-refractivity contribution in [2.75, 3.05) is 17.1 Å². The Morgan fingerprint density at radius 3 is 2.21 bits per heavy atom. The molecule has 230 valence electrons. The Kier molecular flexibility index (Phi) is 10.5. The number of amides is 2. The molecule has 4 rings (SSSR count). The SMILES string of the molecule is CS(=O)(=O)N(CC(=O)N(Cc1ccc(Br)cc1)C(Cc1ccccc1)C(=O)NC1CCCC1)c1cccc(C(F)(F)F)c1. The number of hydrogen-bond acceptors (Lipinski definition) is 4. The molecule has 0 heterocycles. The summed E-state index contributed by atoms with van der Waals surface area (Å²) in [5.41, 5.74) is 0.133. The normalized spacial score (nSPS) is 14.7. The van der Waals surface area contributed by atoms with E-state index < -0.39 is 40.3 Å². The van der Waals surface area contributed by atoms with E-state index >= 15 is 0 Å². The molecule has 1 aliphatic rings. The van der Waals surface area contributed by atoms with Gasteiger partial charge in [0, 0.05) is 23.5 Å². The van der Waals surface area contributed by atoms with Crippen LogP contribution in [-0.4, -0.2) is 50.0 Å². The number of carbonyl (C=O) groups excluding carboxylic acids is 2. The average Bonchev–Trinajstić information content (AvgIpc) is 3.47. The summed E-state index contributed by atoms with van der Waals surface area (Å²) < 4.78 is 67.6. The minimum absolute atomic E-state index is 0.0259. The molecule has 1 fully saturated rings. The monoisotopic (exact) mass is 679 g/mol. The molecule has 2 amide bonds. The van der Waals surface area contributed by atoms with Crippen LogP contribution in [0.2, 0.25) is 0 Å². The largest absolute Gasteiger partial charge is 0.416 e. The third kappa shape index (κ3) is 9.06. The molecule has 12 heteroatoms. The minimum Gasteiger partial charge on any atom is -0.352 e. The summed E-state index contributed by atoms with van der Waals surface area (Å²) in [5, 5.41) is 3.07. The van der Waals surface area contributed by atoms with Gasteiger partial charge in [-0.2, -0.15) is 13.2 Å². The number of alkyl halides is 3. The van der Waals surface area contributed by atoms with Crippen molar-refractivity contribution in [2.24, 2.45) is 0 Å². The third-order valence-electron chi connectivity index (χ3n) is 7.38. The first kappa shape index (κ1) is 32.5. The zero-order valence-electron chi connectivity index (χ0n) is 23.6. The number of sulfonamides is 1. The molecule has 0 aliphatic heterocycles. The molecule has 3 aromatic rings. The summed E-state index contributed by atoms with van der Waals surface area (Å²) in [6.07, 6.45) is -0.121. The fourth-order valence-electron chi connectivity index (χ4n) is 5.16. The second-order valence-electron chi connectivity index (χ2n) is 10.7. The molecule has 1 aliphatic carbocycles. The molecule has 0 radical (unpaired) electrons. The van der Waals surface area contributed by atoms with Gasteiger partial charge in [-0.25, -0.2) is 8.42 Å². The quantitative estimate of drug-likeness (QED) is 0.272. The van der Waals surface area contributed by atoms with Crippen LogP contribution in [0.25, 0.3) is 0 Å². The van der Waals surface area contributed by atoms with Crippen LogP contribution in [0.4, 0.5) is 18.9 Å². The van der Waals surface area contributed by atoms with Gasteiger partial charge in [-0.05, 0) is 54.3 Å². The van der Waals surface area contributed by atoms with E-state index in [-0.39, 0.29) is 30.6 Å². The van der Waals surface area contributed by atoms with Gasteiger partial charge in [0.15, 0.2) is 0 Å². The highest BCUT2D eigenvalue weighted by Crippen LogP contribution is 2.32. The van der Waals surface area contributed by atoms with Crippen molar-refractivity contribution in [1.29, 1.82) is 0 Å².